The molecule has 0 bridgehead atoms. The molecular weight excluding hydrogens is 589 g/mol. The van der Waals surface area contributed by atoms with Crippen molar-refractivity contribution in [2.75, 3.05) is 12.4 Å². The topological polar surface area (TPSA) is 120 Å². The van der Waals surface area contributed by atoms with Crippen LogP contribution in [0.3, 0.4) is 0 Å². The van der Waals surface area contributed by atoms with Crippen molar-refractivity contribution in [3.63, 3.8) is 0 Å². The molecule has 0 aliphatic rings. The molecule has 0 fully saturated rings. The average molecular weight is 606 g/mol. The molecule has 0 aliphatic carbocycles. The summed E-state index contributed by atoms with van der Waals surface area (Å²) in [6.07, 6.45) is 3.68. The standard InChI is InChI=1S/C27H17BrFN5O4S/c1-38-19-8-3-15(4-9-19)2-6-17-13-22(21-12-16(28)5-11-24(21)30-17)25(35)31-27-33-32-26(39-27)20-10-7-18(34(36)37)14-23(20)29/h2-14H,1H3,(H,31,33,35)/b6-2+. The maximum absolute atomic E-state index is 14.4. The highest BCUT2D eigenvalue weighted by Crippen LogP contribution is 2.31. The SMILES string of the molecule is COc1ccc(/C=C/c2cc(C(=O)Nc3nnc(-c4ccc([N+](=O)[O-])cc4F)s3)c3cc(Br)ccc3n2)cc1. The molecule has 194 valence electrons. The number of pyridine rings is 1. The summed E-state index contributed by atoms with van der Waals surface area (Å²) in [5, 5.41) is 22.4. The molecule has 12 heteroatoms. The van der Waals surface area contributed by atoms with Crippen molar-refractivity contribution in [3.8, 4) is 16.3 Å². The Bertz CT molecular complexity index is 1760. The van der Waals surface area contributed by atoms with Crippen molar-refractivity contribution in [1.29, 1.82) is 0 Å². The van der Waals surface area contributed by atoms with Crippen LogP contribution >= 0.6 is 27.3 Å². The van der Waals surface area contributed by atoms with Gasteiger partial charge in [0.1, 0.15) is 11.6 Å². The van der Waals surface area contributed by atoms with Crippen LogP contribution in [0, 0.1) is 15.9 Å². The largest absolute Gasteiger partial charge is 0.497 e. The monoisotopic (exact) mass is 605 g/mol. The summed E-state index contributed by atoms with van der Waals surface area (Å²) in [6, 6.07) is 17.9. The van der Waals surface area contributed by atoms with E-state index in [4.69, 9.17) is 4.74 Å². The van der Waals surface area contributed by atoms with Gasteiger partial charge < -0.3 is 4.74 Å². The summed E-state index contributed by atoms with van der Waals surface area (Å²) in [5.41, 5.74) is 2.14. The van der Waals surface area contributed by atoms with Crippen molar-refractivity contribution >= 4 is 67.0 Å². The zero-order chi connectivity index (χ0) is 27.5. The summed E-state index contributed by atoms with van der Waals surface area (Å²) in [6.45, 7) is 0. The molecule has 5 rings (SSSR count). The number of ether oxygens (including phenoxy) is 1. The highest BCUT2D eigenvalue weighted by atomic mass is 79.9. The Balaban J connectivity index is 1.44. The minimum atomic E-state index is -0.809. The lowest BCUT2D eigenvalue weighted by molar-refractivity contribution is -0.385. The van der Waals surface area contributed by atoms with Gasteiger partial charge in [0.2, 0.25) is 5.13 Å². The van der Waals surface area contributed by atoms with Crippen LogP contribution in [-0.2, 0) is 0 Å². The zero-order valence-electron chi connectivity index (χ0n) is 20.1. The maximum atomic E-state index is 14.4. The van der Waals surface area contributed by atoms with Gasteiger partial charge in [-0.3, -0.25) is 20.2 Å². The number of hydrogen-bond acceptors (Lipinski definition) is 8. The number of benzene rings is 3. The summed E-state index contributed by atoms with van der Waals surface area (Å²) < 4.78 is 20.4. The molecule has 2 aromatic heterocycles. The van der Waals surface area contributed by atoms with Gasteiger partial charge in [-0.25, -0.2) is 9.37 Å². The Morgan fingerprint density at radius 3 is 2.59 bits per heavy atom. The van der Waals surface area contributed by atoms with E-state index < -0.39 is 16.6 Å². The molecular formula is C27H17BrFN5O4S. The predicted molar refractivity (Wildman–Crippen MR) is 151 cm³/mol. The fraction of sp³-hybridized carbons (Fsp3) is 0.0370. The molecule has 0 atom stereocenters. The summed E-state index contributed by atoms with van der Waals surface area (Å²) >= 11 is 4.39. The van der Waals surface area contributed by atoms with Gasteiger partial charge in [0.05, 0.1) is 34.9 Å². The molecule has 39 heavy (non-hydrogen) atoms. The maximum Gasteiger partial charge on any atom is 0.272 e. The molecule has 1 amide bonds. The van der Waals surface area contributed by atoms with E-state index in [0.29, 0.717) is 22.2 Å². The van der Waals surface area contributed by atoms with E-state index in [1.807, 2.05) is 36.4 Å². The van der Waals surface area contributed by atoms with Gasteiger partial charge >= 0.3 is 0 Å². The van der Waals surface area contributed by atoms with Crippen LogP contribution in [0.25, 0.3) is 33.6 Å². The molecule has 5 aromatic rings. The summed E-state index contributed by atoms with van der Waals surface area (Å²) in [4.78, 5) is 28.2. The Morgan fingerprint density at radius 2 is 1.87 bits per heavy atom. The van der Waals surface area contributed by atoms with Gasteiger partial charge in [0, 0.05) is 21.5 Å². The van der Waals surface area contributed by atoms with Crippen LogP contribution in [0.1, 0.15) is 21.6 Å². The molecule has 1 N–H and O–H groups in total. The second kappa shape index (κ2) is 11.1. The number of fused-ring (bicyclic) bond motifs is 1. The van der Waals surface area contributed by atoms with Gasteiger partial charge in [-0.2, -0.15) is 0 Å². The molecule has 0 radical (unpaired) electrons. The fourth-order valence-corrected chi connectivity index (χ4v) is 4.85. The van der Waals surface area contributed by atoms with E-state index in [1.54, 1.807) is 31.4 Å². The number of rotatable bonds is 7. The second-order valence-electron chi connectivity index (χ2n) is 8.15. The number of nitro benzene ring substituents is 1. The number of nitrogens with zero attached hydrogens (tertiary/aromatic N) is 4. The van der Waals surface area contributed by atoms with Gasteiger partial charge in [-0.05, 0) is 54.1 Å². The highest BCUT2D eigenvalue weighted by Gasteiger charge is 2.18. The lowest BCUT2D eigenvalue weighted by atomic mass is 10.1. The number of carbonyl (C=O) groups excluding carboxylic acids is 1. The fourth-order valence-electron chi connectivity index (χ4n) is 3.73. The minimum Gasteiger partial charge on any atom is -0.497 e. The normalized spacial score (nSPS) is 11.2. The Labute approximate surface area is 233 Å². The van der Waals surface area contributed by atoms with Gasteiger partial charge in [-0.1, -0.05) is 45.5 Å². The number of nitrogens with one attached hydrogen (secondary N) is 1. The van der Waals surface area contributed by atoms with Crippen LogP contribution in [0.2, 0.25) is 0 Å². The second-order valence-corrected chi connectivity index (χ2v) is 10.0. The van der Waals surface area contributed by atoms with Crippen molar-refractivity contribution in [2.45, 2.75) is 0 Å². The lowest BCUT2D eigenvalue weighted by Crippen LogP contribution is -2.13. The number of anilines is 1. The van der Waals surface area contributed by atoms with Crippen molar-refractivity contribution in [2.24, 2.45) is 0 Å². The van der Waals surface area contributed by atoms with E-state index in [0.717, 1.165) is 33.2 Å². The third kappa shape index (κ3) is 5.81. The third-order valence-corrected chi connectivity index (χ3v) is 7.00. The van der Waals surface area contributed by atoms with E-state index in [1.165, 1.54) is 12.1 Å². The number of methoxy groups -OCH3 is 1. The molecule has 0 spiro atoms. The van der Waals surface area contributed by atoms with Crippen LogP contribution < -0.4 is 10.1 Å². The predicted octanol–water partition coefficient (Wildman–Crippen LogP) is 6.99. The van der Waals surface area contributed by atoms with Crippen LogP contribution in [0.4, 0.5) is 15.2 Å². The molecule has 3 aromatic carbocycles. The first-order valence-corrected chi connectivity index (χ1v) is 12.9. The minimum absolute atomic E-state index is 0.0443. The van der Waals surface area contributed by atoms with E-state index in [2.05, 4.69) is 36.4 Å². The van der Waals surface area contributed by atoms with Crippen molar-refractivity contribution in [3.05, 3.63) is 104 Å². The summed E-state index contributed by atoms with van der Waals surface area (Å²) in [7, 11) is 1.60. The van der Waals surface area contributed by atoms with E-state index in [9.17, 15) is 19.3 Å². The molecule has 0 aliphatic heterocycles. The lowest BCUT2D eigenvalue weighted by Gasteiger charge is -2.08. The average Bonchev–Trinajstić information content (AvgIpc) is 3.39. The Hall–Kier alpha value is -4.55. The van der Waals surface area contributed by atoms with Crippen molar-refractivity contribution < 1.29 is 18.8 Å². The smallest absolute Gasteiger partial charge is 0.272 e. The Kier molecular flexibility index (Phi) is 7.39. The van der Waals surface area contributed by atoms with Crippen LogP contribution in [0.5, 0.6) is 5.75 Å². The first-order valence-electron chi connectivity index (χ1n) is 11.3. The first-order chi connectivity index (χ1) is 18.8. The van der Waals surface area contributed by atoms with Gasteiger partial charge in [0.15, 0.2) is 5.01 Å². The number of non-ortho nitro benzene ring substituents is 1. The van der Waals surface area contributed by atoms with Crippen molar-refractivity contribution in [1.82, 2.24) is 15.2 Å². The molecule has 0 saturated carbocycles. The van der Waals surface area contributed by atoms with Gasteiger partial charge in [-0.15, -0.1) is 10.2 Å². The molecule has 2 heterocycles. The highest BCUT2D eigenvalue weighted by molar-refractivity contribution is 9.10. The number of hydrogen-bond donors (Lipinski definition) is 1. The van der Waals surface area contributed by atoms with Gasteiger partial charge in [0.25, 0.3) is 11.6 Å². The Morgan fingerprint density at radius 1 is 1.08 bits per heavy atom. The molecule has 0 unspecified atom stereocenters. The number of amides is 1. The quantitative estimate of drug-likeness (QED) is 0.157. The van der Waals surface area contributed by atoms with Crippen LogP contribution in [0.15, 0.2) is 71.2 Å². The third-order valence-electron chi connectivity index (χ3n) is 5.64. The number of halogens is 2. The van der Waals surface area contributed by atoms with E-state index in [-0.39, 0.29) is 21.4 Å². The number of nitro groups is 1. The summed E-state index contributed by atoms with van der Waals surface area (Å²) in [5.74, 6) is -0.514. The van der Waals surface area contributed by atoms with Crippen LogP contribution in [-0.4, -0.2) is 33.1 Å². The number of carbonyl (C=O) groups is 1. The van der Waals surface area contributed by atoms with E-state index >= 15 is 0 Å². The first kappa shape index (κ1) is 26.1. The number of aromatic nitrogens is 3. The zero-order valence-corrected chi connectivity index (χ0v) is 22.5. The molecule has 9 nitrogen and oxygen atoms in total. The molecule has 0 saturated heterocycles.